The molecule has 0 bridgehead atoms. The second-order valence-corrected chi connectivity index (χ2v) is 8.08. The number of carboxylic acids is 1. The third-order valence-electron chi connectivity index (χ3n) is 5.19. The van der Waals surface area contributed by atoms with E-state index in [0.29, 0.717) is 26.1 Å². The Morgan fingerprint density at radius 1 is 0.839 bits per heavy atom. The number of carbonyl (C=O) groups is 2. The predicted molar refractivity (Wildman–Crippen MR) is 129 cm³/mol. The van der Waals surface area contributed by atoms with Gasteiger partial charge in [0.2, 0.25) is 5.91 Å². The molecule has 0 aromatic heterocycles. The molecule has 0 spiro atoms. The topological polar surface area (TPSA) is 89.9 Å². The van der Waals surface area contributed by atoms with Crippen molar-refractivity contribution in [2.45, 2.75) is 96.8 Å². The number of rotatable bonds is 22. The van der Waals surface area contributed by atoms with Gasteiger partial charge >= 0.3 is 5.97 Å². The smallest absolute Gasteiger partial charge is 0.317 e. The van der Waals surface area contributed by atoms with Gasteiger partial charge in [0.25, 0.3) is 0 Å². The van der Waals surface area contributed by atoms with E-state index < -0.39 is 5.97 Å². The van der Waals surface area contributed by atoms with Crippen LogP contribution in [0.4, 0.5) is 0 Å². The van der Waals surface area contributed by atoms with Gasteiger partial charge in [0, 0.05) is 55.6 Å². The van der Waals surface area contributed by atoms with E-state index in [0.717, 1.165) is 19.3 Å². The summed E-state index contributed by atoms with van der Waals surface area (Å²) in [4.78, 5) is 24.2. The first-order valence-electron chi connectivity index (χ1n) is 12.1. The number of aliphatic hydroxyl groups is 1. The van der Waals surface area contributed by atoms with Crippen LogP contribution in [0.1, 0.15) is 96.8 Å². The van der Waals surface area contributed by atoms with Crippen LogP contribution in [0.5, 0.6) is 0 Å². The minimum absolute atomic E-state index is 0. The molecule has 0 saturated carbocycles. The average Bonchev–Trinajstić information content (AvgIpc) is 2.70. The second kappa shape index (κ2) is 25.9. The molecule has 0 saturated heterocycles. The zero-order valence-corrected chi connectivity index (χ0v) is 22.2. The van der Waals surface area contributed by atoms with Crippen LogP contribution in [0.2, 0.25) is 0 Å². The molecule has 0 atom stereocenters. The van der Waals surface area contributed by atoms with Gasteiger partial charge in [0.15, 0.2) is 0 Å². The number of hydrogen-bond donors (Lipinski definition) is 3. The molecule has 31 heavy (non-hydrogen) atoms. The maximum atomic E-state index is 11.8. The third kappa shape index (κ3) is 25.7. The van der Waals surface area contributed by atoms with Crippen molar-refractivity contribution < 1.29 is 19.8 Å². The van der Waals surface area contributed by atoms with Crippen molar-refractivity contribution >= 4 is 41.4 Å². The SMILES string of the molecule is CCCCCCCCC=CCCCCCCCC(=O)NCCN(CCO)CC(=O)O.[Na]. The number of aliphatic hydroxyl groups excluding tert-OH is 1. The van der Waals surface area contributed by atoms with Crippen molar-refractivity contribution in [2.75, 3.05) is 32.8 Å². The van der Waals surface area contributed by atoms with Crippen molar-refractivity contribution in [1.82, 2.24) is 10.2 Å². The summed E-state index contributed by atoms with van der Waals surface area (Å²) in [5, 5.41) is 20.6. The molecule has 0 aliphatic rings. The molecular weight excluding hydrogens is 403 g/mol. The van der Waals surface area contributed by atoms with Crippen LogP contribution in [0.25, 0.3) is 0 Å². The Balaban J connectivity index is 0. The van der Waals surface area contributed by atoms with Crippen LogP contribution < -0.4 is 5.32 Å². The summed E-state index contributed by atoms with van der Waals surface area (Å²) >= 11 is 0. The molecule has 3 N–H and O–H groups in total. The summed E-state index contributed by atoms with van der Waals surface area (Å²) in [7, 11) is 0. The molecule has 1 amide bonds. The molecule has 0 rings (SSSR count). The molecule has 0 aliphatic carbocycles. The molecule has 0 heterocycles. The number of allylic oxidation sites excluding steroid dienone is 2. The van der Waals surface area contributed by atoms with E-state index in [4.69, 9.17) is 10.2 Å². The minimum Gasteiger partial charge on any atom is -0.480 e. The molecular formula is C24H46N2NaO4. The van der Waals surface area contributed by atoms with E-state index in [1.807, 2.05) is 0 Å². The quantitative estimate of drug-likeness (QED) is 0.131. The van der Waals surface area contributed by atoms with Crippen LogP contribution in [-0.4, -0.2) is 89.3 Å². The Morgan fingerprint density at radius 2 is 1.39 bits per heavy atom. The Labute approximate surface area is 212 Å². The molecule has 0 aromatic rings. The van der Waals surface area contributed by atoms with Gasteiger partial charge < -0.3 is 15.5 Å². The van der Waals surface area contributed by atoms with E-state index in [1.54, 1.807) is 4.90 Å². The first-order chi connectivity index (χ1) is 14.6. The summed E-state index contributed by atoms with van der Waals surface area (Å²) in [6.07, 6.45) is 21.3. The third-order valence-corrected chi connectivity index (χ3v) is 5.19. The van der Waals surface area contributed by atoms with Crippen molar-refractivity contribution in [3.8, 4) is 0 Å². The molecule has 7 heteroatoms. The summed E-state index contributed by atoms with van der Waals surface area (Å²) in [6, 6.07) is 0. The molecule has 0 unspecified atom stereocenters. The first kappa shape index (κ1) is 32.8. The molecule has 0 aliphatic heterocycles. The van der Waals surface area contributed by atoms with Crippen molar-refractivity contribution in [1.29, 1.82) is 0 Å². The zero-order valence-electron chi connectivity index (χ0n) is 20.2. The van der Waals surface area contributed by atoms with Crippen molar-refractivity contribution in [3.05, 3.63) is 12.2 Å². The van der Waals surface area contributed by atoms with E-state index in [1.165, 1.54) is 64.2 Å². The summed E-state index contributed by atoms with van der Waals surface area (Å²) in [5.41, 5.74) is 0. The Kier molecular flexibility index (Phi) is 27.3. The minimum atomic E-state index is -0.928. The normalized spacial score (nSPS) is 11.1. The monoisotopic (exact) mass is 449 g/mol. The van der Waals surface area contributed by atoms with Crippen LogP contribution in [0, 0.1) is 0 Å². The number of amides is 1. The number of carbonyl (C=O) groups excluding carboxylic acids is 1. The standard InChI is InChI=1S/C24H46N2O4.Na/c1-2-3-4-5-6-7-8-9-10-11-12-13-14-15-16-17-23(28)25-18-19-26(20-21-27)22-24(29)30;/h9-10,27H,2-8,11-22H2,1H3,(H,25,28)(H,29,30);. The van der Waals surface area contributed by atoms with Crippen molar-refractivity contribution in [3.63, 3.8) is 0 Å². The van der Waals surface area contributed by atoms with E-state index in [9.17, 15) is 9.59 Å². The van der Waals surface area contributed by atoms with Gasteiger partial charge in [-0.3, -0.25) is 14.5 Å². The summed E-state index contributed by atoms with van der Waals surface area (Å²) in [6.45, 7) is 3.20. The van der Waals surface area contributed by atoms with Crippen molar-refractivity contribution in [2.24, 2.45) is 0 Å². The summed E-state index contributed by atoms with van der Waals surface area (Å²) in [5.74, 6) is -0.907. The Bertz CT molecular complexity index is 447. The fraction of sp³-hybridized carbons (Fsp3) is 0.833. The fourth-order valence-corrected chi connectivity index (χ4v) is 3.40. The van der Waals surface area contributed by atoms with Gasteiger partial charge in [-0.05, 0) is 32.1 Å². The molecule has 0 fully saturated rings. The molecule has 6 nitrogen and oxygen atoms in total. The van der Waals surface area contributed by atoms with Gasteiger partial charge in [0.1, 0.15) is 0 Å². The second-order valence-electron chi connectivity index (χ2n) is 8.08. The van der Waals surface area contributed by atoms with Crippen LogP contribution in [0.15, 0.2) is 12.2 Å². The molecule has 177 valence electrons. The molecule has 0 aromatic carbocycles. The number of nitrogens with one attached hydrogen (secondary N) is 1. The van der Waals surface area contributed by atoms with Gasteiger partial charge in [-0.15, -0.1) is 0 Å². The fourth-order valence-electron chi connectivity index (χ4n) is 3.40. The number of nitrogens with zero attached hydrogens (tertiary/aromatic N) is 1. The summed E-state index contributed by atoms with van der Waals surface area (Å²) < 4.78 is 0. The Hall–Kier alpha value is -0.400. The van der Waals surface area contributed by atoms with E-state index in [-0.39, 0.29) is 48.6 Å². The predicted octanol–water partition coefficient (Wildman–Crippen LogP) is 4.14. The average molecular weight is 450 g/mol. The van der Waals surface area contributed by atoms with Gasteiger partial charge in [-0.2, -0.15) is 0 Å². The largest absolute Gasteiger partial charge is 0.480 e. The van der Waals surface area contributed by atoms with Crippen LogP contribution >= 0.6 is 0 Å². The van der Waals surface area contributed by atoms with E-state index >= 15 is 0 Å². The number of unbranched alkanes of at least 4 members (excludes halogenated alkanes) is 11. The van der Waals surface area contributed by atoms with Gasteiger partial charge in [0.05, 0.1) is 13.2 Å². The van der Waals surface area contributed by atoms with Gasteiger partial charge in [-0.25, -0.2) is 0 Å². The maximum Gasteiger partial charge on any atom is 0.317 e. The number of hydrogen-bond acceptors (Lipinski definition) is 4. The number of carboxylic acid groups (broad SMARTS) is 1. The zero-order chi connectivity index (χ0) is 22.3. The number of aliphatic carboxylic acids is 1. The van der Waals surface area contributed by atoms with Crippen LogP contribution in [-0.2, 0) is 9.59 Å². The van der Waals surface area contributed by atoms with E-state index in [2.05, 4.69) is 24.4 Å². The Morgan fingerprint density at radius 3 is 1.94 bits per heavy atom. The van der Waals surface area contributed by atoms with Crippen LogP contribution in [0.3, 0.4) is 0 Å². The van der Waals surface area contributed by atoms with Gasteiger partial charge in [-0.1, -0.05) is 70.4 Å². The maximum absolute atomic E-state index is 11.8. The first-order valence-corrected chi connectivity index (χ1v) is 12.1. The molecule has 1 radical (unpaired) electrons.